The van der Waals surface area contributed by atoms with Crippen LogP contribution in [0.3, 0.4) is 0 Å². The lowest BCUT2D eigenvalue weighted by Gasteiger charge is -2.26. The van der Waals surface area contributed by atoms with E-state index in [2.05, 4.69) is 20.9 Å². The van der Waals surface area contributed by atoms with E-state index in [-0.39, 0.29) is 6.04 Å². The minimum atomic E-state index is 0.260. The molecule has 3 heterocycles. The van der Waals surface area contributed by atoms with Gasteiger partial charge in [-0.05, 0) is 31.0 Å². The summed E-state index contributed by atoms with van der Waals surface area (Å²) >= 11 is 0. The Morgan fingerprint density at radius 3 is 2.97 bits per heavy atom. The highest BCUT2D eigenvalue weighted by Gasteiger charge is 2.23. The highest BCUT2D eigenvalue weighted by atomic mass is 16.5. The van der Waals surface area contributed by atoms with Crippen LogP contribution in [0.1, 0.15) is 30.3 Å². The lowest BCUT2D eigenvalue weighted by Crippen LogP contribution is -2.23. The van der Waals surface area contributed by atoms with Gasteiger partial charge in [0.15, 0.2) is 5.76 Å². The summed E-state index contributed by atoms with van der Waals surface area (Å²) < 4.78 is 12.9. The lowest BCUT2D eigenvalue weighted by atomic mass is 10.1. The first-order valence-electron chi connectivity index (χ1n) is 9.50. The molecule has 1 fully saturated rings. The molecule has 1 saturated heterocycles. The lowest BCUT2D eigenvalue weighted by molar-refractivity contribution is 0.0698. The normalized spacial score (nSPS) is 15.4. The molecular weight excluding hydrogens is 368 g/mol. The maximum absolute atomic E-state index is 9.35. The summed E-state index contributed by atoms with van der Waals surface area (Å²) in [5.74, 6) is 1.31. The summed E-state index contributed by atoms with van der Waals surface area (Å²) in [6, 6.07) is 8.03. The van der Waals surface area contributed by atoms with E-state index < -0.39 is 0 Å². The van der Waals surface area contributed by atoms with Gasteiger partial charge in [-0.1, -0.05) is 0 Å². The van der Waals surface area contributed by atoms with E-state index in [4.69, 9.17) is 19.9 Å². The Kier molecular flexibility index (Phi) is 5.40. The van der Waals surface area contributed by atoms with Crippen LogP contribution in [0, 0.1) is 16.7 Å². The van der Waals surface area contributed by atoms with Gasteiger partial charge in [0.2, 0.25) is 0 Å². The Labute approximate surface area is 168 Å². The fourth-order valence-corrected chi connectivity index (χ4v) is 3.76. The molecule has 0 spiro atoms. The average molecular weight is 390 g/mol. The van der Waals surface area contributed by atoms with Crippen molar-refractivity contribution < 1.29 is 9.47 Å². The minimum Gasteiger partial charge on any atom is -0.494 e. The molecule has 3 aromatic rings. The van der Waals surface area contributed by atoms with E-state index in [9.17, 15) is 5.26 Å². The number of rotatable bonds is 6. The van der Waals surface area contributed by atoms with Crippen molar-refractivity contribution in [1.82, 2.24) is 19.9 Å². The van der Waals surface area contributed by atoms with Crippen molar-refractivity contribution in [3.63, 3.8) is 0 Å². The van der Waals surface area contributed by atoms with E-state index in [0.29, 0.717) is 31.1 Å². The molecule has 0 unspecified atom stereocenters. The highest BCUT2D eigenvalue weighted by molar-refractivity contribution is 6.02. The van der Waals surface area contributed by atoms with Crippen molar-refractivity contribution >= 4 is 28.2 Å². The minimum absolute atomic E-state index is 0.260. The summed E-state index contributed by atoms with van der Waals surface area (Å²) in [5.41, 5.74) is 3.25. The first kappa shape index (κ1) is 18.9. The number of nitrogens with zero attached hydrogens (tertiary/aromatic N) is 4. The Hall–Kier alpha value is -3.44. The second-order valence-electron chi connectivity index (χ2n) is 6.85. The Balaban J connectivity index is 1.85. The van der Waals surface area contributed by atoms with Crippen LogP contribution in [0.4, 0.5) is 0 Å². The van der Waals surface area contributed by atoms with Crippen LogP contribution in [0.2, 0.25) is 0 Å². The van der Waals surface area contributed by atoms with Crippen molar-refractivity contribution in [2.45, 2.75) is 25.4 Å². The largest absolute Gasteiger partial charge is 0.494 e. The van der Waals surface area contributed by atoms with Gasteiger partial charge >= 0.3 is 0 Å². The first-order valence-corrected chi connectivity index (χ1v) is 9.50. The summed E-state index contributed by atoms with van der Waals surface area (Å²) in [7, 11) is 1.53. The average Bonchev–Trinajstić information content (AvgIpc) is 3.15. The molecule has 2 aromatic heterocycles. The molecule has 0 radical (unpaired) electrons. The Morgan fingerprint density at radius 1 is 1.41 bits per heavy atom. The zero-order valence-electron chi connectivity index (χ0n) is 16.2. The fraction of sp³-hybridized carbons (Fsp3) is 0.333. The fourth-order valence-electron chi connectivity index (χ4n) is 3.76. The Bertz CT molecular complexity index is 1120. The quantitative estimate of drug-likeness (QED) is 0.495. The number of nitrogens with one attached hydrogen (secondary N) is 2. The van der Waals surface area contributed by atoms with Gasteiger partial charge in [0.1, 0.15) is 11.3 Å². The third-order valence-corrected chi connectivity index (χ3v) is 5.16. The first-order chi connectivity index (χ1) is 14.2. The van der Waals surface area contributed by atoms with Gasteiger partial charge in [0.25, 0.3) is 0 Å². The number of fused-ring (bicyclic) bond motifs is 3. The topological polar surface area (TPSA) is 109 Å². The van der Waals surface area contributed by atoms with Gasteiger partial charge in [-0.25, -0.2) is 4.98 Å². The van der Waals surface area contributed by atoms with Gasteiger partial charge in [-0.2, -0.15) is 5.26 Å². The molecule has 1 aliphatic rings. The monoisotopic (exact) mass is 390 g/mol. The molecule has 8 nitrogen and oxygen atoms in total. The number of hydrogen-bond donors (Lipinski definition) is 2. The van der Waals surface area contributed by atoms with Crippen molar-refractivity contribution in [3.05, 3.63) is 47.7 Å². The third kappa shape index (κ3) is 3.65. The molecule has 0 aliphatic carbocycles. The summed E-state index contributed by atoms with van der Waals surface area (Å²) in [6.45, 7) is 1.91. The molecule has 0 saturated carbocycles. The number of hydrogen-bond acceptors (Lipinski definition) is 7. The molecule has 0 atom stereocenters. The summed E-state index contributed by atoms with van der Waals surface area (Å²) in [4.78, 5) is 9.36. The molecule has 29 heavy (non-hydrogen) atoms. The number of allylic oxidation sites excluding steroid dienone is 1. The second kappa shape index (κ2) is 8.29. The van der Waals surface area contributed by atoms with Crippen LogP contribution >= 0.6 is 0 Å². The molecule has 2 N–H and O–H groups in total. The highest BCUT2D eigenvalue weighted by Crippen LogP contribution is 2.32. The number of imidazole rings is 1. The van der Waals surface area contributed by atoms with Gasteiger partial charge in [-0.15, -0.1) is 0 Å². The predicted molar refractivity (Wildman–Crippen MR) is 110 cm³/mol. The standard InChI is InChI=1S/C21H22N6O2/c1-28-16(10-23)11-24-13-20-26-19-12-25-18-3-2-14(9-22)8-17(18)21(19)27(20)15-4-6-29-7-5-15/h2-3,8,10-12,15,23-24H,4-7,13H2,1H3/b16-11+,23-10?. The number of aromatic nitrogens is 3. The van der Waals surface area contributed by atoms with Gasteiger partial charge in [0, 0.05) is 30.8 Å². The van der Waals surface area contributed by atoms with Crippen LogP contribution in [-0.4, -0.2) is 41.1 Å². The van der Waals surface area contributed by atoms with E-state index in [1.165, 1.54) is 7.11 Å². The Morgan fingerprint density at radius 2 is 2.24 bits per heavy atom. The van der Waals surface area contributed by atoms with Crippen molar-refractivity contribution in [2.75, 3.05) is 20.3 Å². The van der Waals surface area contributed by atoms with Crippen LogP contribution in [-0.2, 0) is 16.0 Å². The van der Waals surface area contributed by atoms with Gasteiger partial charge in [-0.3, -0.25) is 4.98 Å². The molecule has 1 aromatic carbocycles. The third-order valence-electron chi connectivity index (χ3n) is 5.16. The number of methoxy groups -OCH3 is 1. The zero-order valence-corrected chi connectivity index (χ0v) is 16.2. The molecule has 148 valence electrons. The maximum Gasteiger partial charge on any atom is 0.151 e. The number of pyridine rings is 1. The van der Waals surface area contributed by atoms with Crippen LogP contribution in [0.5, 0.6) is 0 Å². The molecule has 1 aliphatic heterocycles. The van der Waals surface area contributed by atoms with Crippen LogP contribution < -0.4 is 5.32 Å². The molecular formula is C21H22N6O2. The smallest absolute Gasteiger partial charge is 0.151 e. The molecule has 4 rings (SSSR count). The molecule has 0 bridgehead atoms. The van der Waals surface area contributed by atoms with Gasteiger partial charge in [0.05, 0.1) is 48.7 Å². The van der Waals surface area contributed by atoms with E-state index in [1.54, 1.807) is 18.5 Å². The van der Waals surface area contributed by atoms with E-state index >= 15 is 0 Å². The second-order valence-corrected chi connectivity index (χ2v) is 6.85. The number of ether oxygens (including phenoxy) is 2. The molecule has 0 amide bonds. The zero-order chi connectivity index (χ0) is 20.2. The van der Waals surface area contributed by atoms with E-state index in [1.807, 2.05) is 12.1 Å². The predicted octanol–water partition coefficient (Wildman–Crippen LogP) is 3.03. The molecule has 8 heteroatoms. The van der Waals surface area contributed by atoms with Crippen molar-refractivity contribution in [1.29, 1.82) is 10.7 Å². The SMILES string of the molecule is CO/C(C=N)=C/NCc1nc2cnc3ccc(C#N)cc3c2n1C1CCOCC1. The van der Waals surface area contributed by atoms with Crippen LogP contribution in [0.25, 0.3) is 21.9 Å². The number of nitriles is 1. The number of benzene rings is 1. The van der Waals surface area contributed by atoms with E-state index in [0.717, 1.165) is 46.8 Å². The van der Waals surface area contributed by atoms with Gasteiger partial charge < -0.3 is 24.8 Å². The summed E-state index contributed by atoms with van der Waals surface area (Å²) in [6.07, 6.45) is 6.40. The maximum atomic E-state index is 9.35. The van der Waals surface area contributed by atoms with Crippen LogP contribution in [0.15, 0.2) is 36.4 Å². The van der Waals surface area contributed by atoms with Crippen molar-refractivity contribution in [2.24, 2.45) is 0 Å². The van der Waals surface area contributed by atoms with Crippen molar-refractivity contribution in [3.8, 4) is 6.07 Å². The summed E-state index contributed by atoms with van der Waals surface area (Å²) in [5, 5.41) is 20.8.